The Labute approximate surface area is 89.9 Å². The molecule has 0 saturated heterocycles. The molecular weight excluding hydrogens is 191 g/mol. The minimum Gasteiger partial charge on any atom is -0.393 e. The third-order valence-corrected chi connectivity index (χ3v) is 3.31. The van der Waals surface area contributed by atoms with Gasteiger partial charge in [0.15, 0.2) is 0 Å². The van der Waals surface area contributed by atoms with Crippen LogP contribution < -0.4 is 0 Å². The van der Waals surface area contributed by atoms with Crippen LogP contribution in [-0.2, 0) is 0 Å². The average Bonchev–Trinajstić information content (AvgIpc) is 2.22. The van der Waals surface area contributed by atoms with Crippen molar-refractivity contribution in [1.29, 1.82) is 0 Å². The highest BCUT2D eigenvalue weighted by Gasteiger charge is 2.21. The summed E-state index contributed by atoms with van der Waals surface area (Å²) in [6.07, 6.45) is 3.59. The van der Waals surface area contributed by atoms with Crippen molar-refractivity contribution in [3.8, 4) is 0 Å². The van der Waals surface area contributed by atoms with Gasteiger partial charge in [0.1, 0.15) is 5.82 Å². The number of halogens is 1. The Balaban J connectivity index is 2.18. The van der Waals surface area contributed by atoms with E-state index in [-0.39, 0.29) is 11.9 Å². The third-order valence-electron chi connectivity index (χ3n) is 3.31. The lowest BCUT2D eigenvalue weighted by atomic mass is 9.82. The van der Waals surface area contributed by atoms with Gasteiger partial charge in [0.2, 0.25) is 0 Å². The van der Waals surface area contributed by atoms with E-state index in [1.165, 1.54) is 0 Å². The molecule has 1 saturated carbocycles. The molecule has 1 N–H and O–H groups in total. The van der Waals surface area contributed by atoms with E-state index in [1.807, 2.05) is 12.1 Å². The van der Waals surface area contributed by atoms with Crippen LogP contribution in [0.4, 0.5) is 4.39 Å². The minimum atomic E-state index is -0.201. The summed E-state index contributed by atoms with van der Waals surface area (Å²) in [5, 5.41) is 9.57. The second-order valence-electron chi connectivity index (χ2n) is 4.53. The summed E-state index contributed by atoms with van der Waals surface area (Å²) in [5.74, 6) is 0.205. The van der Waals surface area contributed by atoms with Crippen LogP contribution in [0.2, 0.25) is 0 Å². The highest BCUT2D eigenvalue weighted by atomic mass is 19.1. The van der Waals surface area contributed by atoms with Crippen LogP contribution in [0, 0.1) is 12.7 Å². The largest absolute Gasteiger partial charge is 0.393 e. The van der Waals surface area contributed by atoms with Gasteiger partial charge in [-0.2, -0.15) is 0 Å². The Morgan fingerprint density at radius 3 is 2.80 bits per heavy atom. The first kappa shape index (κ1) is 10.6. The zero-order valence-corrected chi connectivity index (χ0v) is 9.04. The molecule has 0 spiro atoms. The highest BCUT2D eigenvalue weighted by Crippen LogP contribution is 2.33. The molecular formula is C13H17FO. The third kappa shape index (κ3) is 2.37. The van der Waals surface area contributed by atoms with Gasteiger partial charge >= 0.3 is 0 Å². The van der Waals surface area contributed by atoms with Gasteiger partial charge in [-0.05, 0) is 49.3 Å². The summed E-state index contributed by atoms with van der Waals surface area (Å²) in [4.78, 5) is 0. The first-order valence-corrected chi connectivity index (χ1v) is 5.61. The van der Waals surface area contributed by atoms with Gasteiger partial charge in [-0.3, -0.25) is 0 Å². The number of hydrogen-bond donors (Lipinski definition) is 1. The molecule has 82 valence electrons. The maximum Gasteiger partial charge on any atom is 0.126 e. The van der Waals surface area contributed by atoms with E-state index >= 15 is 0 Å². The second kappa shape index (κ2) is 4.31. The first-order valence-electron chi connectivity index (χ1n) is 5.61. The van der Waals surface area contributed by atoms with Crippen molar-refractivity contribution in [1.82, 2.24) is 0 Å². The van der Waals surface area contributed by atoms with E-state index < -0.39 is 0 Å². The summed E-state index contributed by atoms with van der Waals surface area (Å²) < 4.78 is 13.4. The molecule has 0 heterocycles. The Hall–Kier alpha value is -0.890. The maximum absolute atomic E-state index is 13.4. The fraction of sp³-hybridized carbons (Fsp3) is 0.538. The SMILES string of the molecule is Cc1ccc(C2CCCC(O)C2)cc1F. The standard InChI is InChI=1S/C13H17FO/c1-9-5-6-11(8-13(9)14)10-3-2-4-12(15)7-10/h5-6,8,10,12,15H,2-4,7H2,1H3. The van der Waals surface area contributed by atoms with Crippen molar-refractivity contribution in [2.75, 3.05) is 0 Å². The molecule has 0 amide bonds. The Kier molecular flexibility index (Phi) is 3.06. The molecule has 2 unspecified atom stereocenters. The number of aliphatic hydroxyl groups excluding tert-OH is 1. The Bertz CT molecular complexity index is 348. The lowest BCUT2D eigenvalue weighted by Crippen LogP contribution is -2.18. The molecule has 1 aliphatic carbocycles. The van der Waals surface area contributed by atoms with Gasteiger partial charge < -0.3 is 5.11 Å². The van der Waals surface area contributed by atoms with Crippen molar-refractivity contribution >= 4 is 0 Å². The quantitative estimate of drug-likeness (QED) is 0.751. The van der Waals surface area contributed by atoms with E-state index in [0.717, 1.165) is 31.2 Å². The fourth-order valence-electron chi connectivity index (χ4n) is 2.33. The average molecular weight is 208 g/mol. The molecule has 1 fully saturated rings. The molecule has 1 aromatic carbocycles. The number of benzene rings is 1. The fourth-order valence-corrected chi connectivity index (χ4v) is 2.33. The van der Waals surface area contributed by atoms with Gasteiger partial charge in [-0.25, -0.2) is 4.39 Å². The molecule has 0 bridgehead atoms. The first-order chi connectivity index (χ1) is 7.16. The summed E-state index contributed by atoms with van der Waals surface area (Å²) in [6, 6.07) is 5.44. The molecule has 0 aromatic heterocycles. The highest BCUT2D eigenvalue weighted by molar-refractivity contribution is 5.26. The summed E-state index contributed by atoms with van der Waals surface area (Å²) >= 11 is 0. The monoisotopic (exact) mass is 208 g/mol. The summed E-state index contributed by atoms with van der Waals surface area (Å²) in [5.41, 5.74) is 1.73. The van der Waals surface area contributed by atoms with Gasteiger partial charge in [-0.15, -0.1) is 0 Å². The topological polar surface area (TPSA) is 20.2 Å². The Morgan fingerprint density at radius 2 is 2.13 bits per heavy atom. The number of aliphatic hydroxyl groups is 1. The maximum atomic E-state index is 13.4. The summed E-state index contributed by atoms with van der Waals surface area (Å²) in [7, 11) is 0. The molecule has 2 rings (SSSR count). The predicted octanol–water partition coefficient (Wildman–Crippen LogP) is 3.15. The van der Waals surface area contributed by atoms with Crippen LogP contribution in [0.3, 0.4) is 0 Å². The Morgan fingerprint density at radius 1 is 1.33 bits per heavy atom. The summed E-state index contributed by atoms with van der Waals surface area (Å²) in [6.45, 7) is 1.77. The zero-order chi connectivity index (χ0) is 10.8. The molecule has 2 heteroatoms. The van der Waals surface area contributed by atoms with Gasteiger partial charge in [-0.1, -0.05) is 18.6 Å². The number of rotatable bonds is 1. The smallest absolute Gasteiger partial charge is 0.126 e. The van der Waals surface area contributed by atoms with E-state index in [2.05, 4.69) is 0 Å². The number of aryl methyl sites for hydroxylation is 1. The molecule has 15 heavy (non-hydrogen) atoms. The van der Waals surface area contributed by atoms with Crippen molar-refractivity contribution in [3.63, 3.8) is 0 Å². The lowest BCUT2D eigenvalue weighted by Gasteiger charge is -2.26. The predicted molar refractivity (Wildman–Crippen MR) is 58.4 cm³/mol. The molecule has 1 aromatic rings. The van der Waals surface area contributed by atoms with Gasteiger partial charge in [0.25, 0.3) is 0 Å². The van der Waals surface area contributed by atoms with Crippen LogP contribution >= 0.6 is 0 Å². The molecule has 1 nitrogen and oxygen atoms in total. The van der Waals surface area contributed by atoms with E-state index in [9.17, 15) is 9.50 Å². The van der Waals surface area contributed by atoms with E-state index in [4.69, 9.17) is 0 Å². The van der Waals surface area contributed by atoms with Crippen LogP contribution in [-0.4, -0.2) is 11.2 Å². The van der Waals surface area contributed by atoms with Gasteiger partial charge in [0.05, 0.1) is 6.10 Å². The van der Waals surface area contributed by atoms with Crippen LogP contribution in [0.25, 0.3) is 0 Å². The van der Waals surface area contributed by atoms with Crippen molar-refractivity contribution in [2.24, 2.45) is 0 Å². The van der Waals surface area contributed by atoms with Crippen molar-refractivity contribution < 1.29 is 9.50 Å². The van der Waals surface area contributed by atoms with E-state index in [0.29, 0.717) is 11.5 Å². The van der Waals surface area contributed by atoms with Crippen LogP contribution in [0.15, 0.2) is 18.2 Å². The van der Waals surface area contributed by atoms with Crippen molar-refractivity contribution in [3.05, 3.63) is 35.1 Å². The van der Waals surface area contributed by atoms with E-state index in [1.54, 1.807) is 13.0 Å². The van der Waals surface area contributed by atoms with Crippen LogP contribution in [0.5, 0.6) is 0 Å². The second-order valence-corrected chi connectivity index (χ2v) is 4.53. The van der Waals surface area contributed by atoms with Crippen molar-refractivity contribution in [2.45, 2.75) is 44.6 Å². The van der Waals surface area contributed by atoms with Gasteiger partial charge in [0, 0.05) is 0 Å². The number of hydrogen-bond acceptors (Lipinski definition) is 1. The lowest BCUT2D eigenvalue weighted by molar-refractivity contribution is 0.119. The zero-order valence-electron chi connectivity index (χ0n) is 9.04. The molecule has 0 aliphatic heterocycles. The normalized spacial score (nSPS) is 26.6. The molecule has 2 atom stereocenters. The minimum absolute atomic E-state index is 0.132. The molecule has 0 radical (unpaired) electrons. The van der Waals surface area contributed by atoms with Crippen LogP contribution in [0.1, 0.15) is 42.7 Å². The molecule has 1 aliphatic rings.